The monoisotopic (exact) mass is 393 g/mol. The first-order valence-corrected chi connectivity index (χ1v) is 9.58. The number of carbonyl (C=O) groups excluding carboxylic acids is 1. The van der Waals surface area contributed by atoms with Crippen LogP contribution in [0.25, 0.3) is 11.4 Å². The van der Waals surface area contributed by atoms with E-state index in [-0.39, 0.29) is 12.5 Å². The van der Waals surface area contributed by atoms with E-state index in [0.29, 0.717) is 24.8 Å². The summed E-state index contributed by atoms with van der Waals surface area (Å²) in [6.45, 7) is 6.52. The number of aromatic nitrogens is 3. The number of hydrogen-bond donors (Lipinski definition) is 0. The third-order valence-corrected chi connectivity index (χ3v) is 4.93. The second kappa shape index (κ2) is 8.30. The Kier molecular flexibility index (Phi) is 5.41. The minimum atomic E-state index is 0.00341. The number of nitrogens with zero attached hydrogens (tertiary/aromatic N) is 5. The molecular formula is C21H23N5O3. The van der Waals surface area contributed by atoms with E-state index in [1.54, 1.807) is 13.1 Å². The van der Waals surface area contributed by atoms with Crippen LogP contribution in [0, 0.1) is 13.8 Å². The molecule has 0 radical (unpaired) electrons. The third-order valence-electron chi connectivity index (χ3n) is 4.93. The Balaban J connectivity index is 1.30. The predicted octanol–water partition coefficient (Wildman–Crippen LogP) is 2.48. The minimum absolute atomic E-state index is 0.00341. The van der Waals surface area contributed by atoms with E-state index in [4.69, 9.17) is 9.26 Å². The van der Waals surface area contributed by atoms with Crippen molar-refractivity contribution in [2.24, 2.45) is 0 Å². The van der Waals surface area contributed by atoms with Crippen LogP contribution < -0.4 is 9.64 Å². The number of pyridine rings is 1. The molecule has 0 atom stereocenters. The molecule has 4 rings (SSSR count). The van der Waals surface area contributed by atoms with E-state index >= 15 is 0 Å². The zero-order valence-electron chi connectivity index (χ0n) is 16.5. The third kappa shape index (κ3) is 4.37. The highest BCUT2D eigenvalue weighted by Gasteiger charge is 2.22. The molecule has 1 fully saturated rings. The van der Waals surface area contributed by atoms with E-state index < -0.39 is 0 Å². The Morgan fingerprint density at radius 2 is 1.90 bits per heavy atom. The van der Waals surface area contributed by atoms with Crippen LogP contribution in [-0.2, 0) is 4.79 Å². The fourth-order valence-electron chi connectivity index (χ4n) is 3.26. The fourth-order valence-corrected chi connectivity index (χ4v) is 3.26. The van der Waals surface area contributed by atoms with Crippen molar-refractivity contribution in [2.45, 2.75) is 13.8 Å². The zero-order chi connectivity index (χ0) is 20.2. The molecule has 29 heavy (non-hydrogen) atoms. The maximum atomic E-state index is 12.5. The molecule has 0 N–H and O–H groups in total. The first-order chi connectivity index (χ1) is 14.1. The van der Waals surface area contributed by atoms with Gasteiger partial charge in [-0.1, -0.05) is 23.4 Å². The smallest absolute Gasteiger partial charge is 0.260 e. The van der Waals surface area contributed by atoms with Gasteiger partial charge in [0.05, 0.1) is 0 Å². The Bertz CT molecular complexity index is 978. The number of carbonyl (C=O) groups is 1. The van der Waals surface area contributed by atoms with Crippen molar-refractivity contribution in [3.63, 3.8) is 0 Å². The van der Waals surface area contributed by atoms with Crippen LogP contribution in [0.3, 0.4) is 0 Å². The van der Waals surface area contributed by atoms with Crippen molar-refractivity contribution in [1.82, 2.24) is 20.0 Å². The topological polar surface area (TPSA) is 84.6 Å². The number of para-hydroxylation sites is 1. The molecular weight excluding hydrogens is 370 g/mol. The summed E-state index contributed by atoms with van der Waals surface area (Å²) in [5.74, 6) is 2.68. The van der Waals surface area contributed by atoms with Gasteiger partial charge in [-0.15, -0.1) is 0 Å². The van der Waals surface area contributed by atoms with E-state index in [9.17, 15) is 4.79 Å². The van der Waals surface area contributed by atoms with Gasteiger partial charge in [0.2, 0.25) is 11.7 Å². The van der Waals surface area contributed by atoms with Gasteiger partial charge in [0.1, 0.15) is 11.6 Å². The van der Waals surface area contributed by atoms with Crippen LogP contribution >= 0.6 is 0 Å². The molecule has 0 bridgehead atoms. The second-order valence-corrected chi connectivity index (χ2v) is 6.96. The lowest BCUT2D eigenvalue weighted by Crippen LogP contribution is -2.50. The number of rotatable bonds is 5. The van der Waals surface area contributed by atoms with Gasteiger partial charge in [0, 0.05) is 44.9 Å². The summed E-state index contributed by atoms with van der Waals surface area (Å²) in [6.07, 6.45) is 1.74. The summed E-state index contributed by atoms with van der Waals surface area (Å²) in [5, 5.41) is 3.91. The van der Waals surface area contributed by atoms with Gasteiger partial charge in [-0.3, -0.25) is 4.79 Å². The lowest BCUT2D eigenvalue weighted by Gasteiger charge is -2.35. The Morgan fingerprint density at radius 3 is 2.55 bits per heavy atom. The average molecular weight is 393 g/mol. The van der Waals surface area contributed by atoms with Crippen molar-refractivity contribution in [1.29, 1.82) is 0 Å². The molecule has 1 amide bonds. The largest absolute Gasteiger partial charge is 0.484 e. The van der Waals surface area contributed by atoms with Crippen molar-refractivity contribution in [3.05, 3.63) is 54.0 Å². The zero-order valence-corrected chi connectivity index (χ0v) is 16.5. The quantitative estimate of drug-likeness (QED) is 0.658. The van der Waals surface area contributed by atoms with E-state index in [1.807, 2.05) is 48.2 Å². The Hall–Kier alpha value is -3.42. The van der Waals surface area contributed by atoms with Gasteiger partial charge in [-0.05, 0) is 30.7 Å². The molecule has 1 aliphatic rings. The highest BCUT2D eigenvalue weighted by atomic mass is 16.5. The molecule has 0 spiro atoms. The normalized spacial score (nSPS) is 14.1. The van der Waals surface area contributed by atoms with Gasteiger partial charge in [0.25, 0.3) is 5.91 Å². The maximum absolute atomic E-state index is 12.5. The van der Waals surface area contributed by atoms with Gasteiger partial charge in [-0.25, -0.2) is 4.98 Å². The summed E-state index contributed by atoms with van der Waals surface area (Å²) in [5.41, 5.74) is 1.84. The van der Waals surface area contributed by atoms with Crippen molar-refractivity contribution in [2.75, 3.05) is 37.7 Å². The summed E-state index contributed by atoms with van der Waals surface area (Å²) in [7, 11) is 0. The molecule has 0 saturated carbocycles. The first kappa shape index (κ1) is 18.9. The van der Waals surface area contributed by atoms with Crippen LogP contribution in [0.1, 0.15) is 11.5 Å². The predicted molar refractivity (Wildman–Crippen MR) is 108 cm³/mol. The molecule has 0 aliphatic carbocycles. The van der Waals surface area contributed by atoms with Crippen LogP contribution in [0.5, 0.6) is 5.75 Å². The molecule has 1 aliphatic heterocycles. The van der Waals surface area contributed by atoms with Crippen LogP contribution in [-0.4, -0.2) is 58.7 Å². The summed E-state index contributed by atoms with van der Waals surface area (Å²) in [4.78, 5) is 25.2. The SMILES string of the molecule is Cc1nc(-c2ccc(N3CCN(C(=O)COc4ccccc4C)CC3)nc2)no1. The number of hydrogen-bond acceptors (Lipinski definition) is 7. The first-order valence-electron chi connectivity index (χ1n) is 9.58. The number of aryl methyl sites for hydroxylation is 2. The Morgan fingerprint density at radius 1 is 1.10 bits per heavy atom. The molecule has 150 valence electrons. The summed E-state index contributed by atoms with van der Waals surface area (Å²) in [6, 6.07) is 11.6. The number of anilines is 1. The van der Waals surface area contributed by atoms with E-state index in [0.717, 1.165) is 35.8 Å². The number of amides is 1. The van der Waals surface area contributed by atoms with Crippen LogP contribution in [0.2, 0.25) is 0 Å². The van der Waals surface area contributed by atoms with E-state index in [1.165, 1.54) is 0 Å². The van der Waals surface area contributed by atoms with E-state index in [2.05, 4.69) is 20.0 Å². The second-order valence-electron chi connectivity index (χ2n) is 6.96. The summed E-state index contributed by atoms with van der Waals surface area (Å²) >= 11 is 0. The molecule has 3 aromatic rings. The molecule has 0 unspecified atom stereocenters. The summed E-state index contributed by atoms with van der Waals surface area (Å²) < 4.78 is 10.7. The molecule has 1 aromatic carbocycles. The van der Waals surface area contributed by atoms with Crippen molar-refractivity contribution in [3.8, 4) is 17.1 Å². The lowest BCUT2D eigenvalue weighted by atomic mass is 10.2. The van der Waals surface area contributed by atoms with Gasteiger partial charge >= 0.3 is 0 Å². The fraction of sp³-hybridized carbons (Fsp3) is 0.333. The van der Waals surface area contributed by atoms with Crippen molar-refractivity contribution < 1.29 is 14.1 Å². The molecule has 8 heteroatoms. The standard InChI is InChI=1S/C21H23N5O3/c1-15-5-3-4-6-18(15)28-14-20(27)26-11-9-25(10-12-26)19-8-7-17(13-22-19)21-23-16(2)29-24-21/h3-8,13H,9-12,14H2,1-2H3. The lowest BCUT2D eigenvalue weighted by molar-refractivity contribution is -0.133. The highest BCUT2D eigenvalue weighted by molar-refractivity contribution is 5.78. The van der Waals surface area contributed by atoms with Crippen LogP contribution in [0.4, 0.5) is 5.82 Å². The molecule has 2 aromatic heterocycles. The molecule has 8 nitrogen and oxygen atoms in total. The highest BCUT2D eigenvalue weighted by Crippen LogP contribution is 2.20. The van der Waals surface area contributed by atoms with Gasteiger partial charge in [-0.2, -0.15) is 4.98 Å². The number of ether oxygens (including phenoxy) is 1. The average Bonchev–Trinajstić information content (AvgIpc) is 3.19. The van der Waals surface area contributed by atoms with Gasteiger partial charge < -0.3 is 19.1 Å². The Labute approximate surface area is 169 Å². The van der Waals surface area contributed by atoms with Crippen molar-refractivity contribution >= 4 is 11.7 Å². The molecule has 1 saturated heterocycles. The van der Waals surface area contributed by atoms with Crippen LogP contribution in [0.15, 0.2) is 47.1 Å². The maximum Gasteiger partial charge on any atom is 0.260 e. The number of piperazine rings is 1. The van der Waals surface area contributed by atoms with Gasteiger partial charge in [0.15, 0.2) is 6.61 Å². The minimum Gasteiger partial charge on any atom is -0.484 e. The number of benzene rings is 1. The molecule has 3 heterocycles.